The van der Waals surface area contributed by atoms with Crippen LogP contribution in [0.2, 0.25) is 0 Å². The van der Waals surface area contributed by atoms with Crippen LogP contribution in [0.1, 0.15) is 5.56 Å². The Bertz CT molecular complexity index is 414. The largest absolute Gasteiger partial charge is 0.477 e. The lowest BCUT2D eigenvalue weighted by atomic mass is 10.1. The Kier molecular flexibility index (Phi) is 4.20. The normalized spacial score (nSPS) is 10.9. The molecule has 1 amide bonds. The van der Waals surface area contributed by atoms with Gasteiger partial charge in [0.1, 0.15) is 6.33 Å². The Morgan fingerprint density at radius 2 is 1.94 bits per heavy atom. The van der Waals surface area contributed by atoms with Crippen molar-refractivity contribution in [2.24, 2.45) is 0 Å². The first kappa shape index (κ1) is 11.9. The molecule has 0 aliphatic heterocycles. The highest BCUT2D eigenvalue weighted by Crippen LogP contribution is 2.00. The van der Waals surface area contributed by atoms with E-state index >= 15 is 0 Å². The minimum Gasteiger partial charge on any atom is -0.477 e. The van der Waals surface area contributed by atoms with Crippen molar-refractivity contribution in [2.45, 2.75) is 6.42 Å². The highest BCUT2D eigenvalue weighted by molar-refractivity contribution is 5.92. The Labute approximate surface area is 91.4 Å². The van der Waals surface area contributed by atoms with Gasteiger partial charge in [-0.2, -0.15) is 0 Å². The van der Waals surface area contributed by atoms with Gasteiger partial charge >= 0.3 is 5.97 Å². The highest BCUT2D eigenvalue weighted by Gasteiger charge is 2.11. The Morgan fingerprint density at radius 3 is 2.44 bits per heavy atom. The monoisotopic (exact) mass is 223 g/mol. The van der Waals surface area contributed by atoms with Gasteiger partial charge in [0, 0.05) is 0 Å². The molecule has 1 aromatic carbocycles. The van der Waals surface area contributed by atoms with Crippen molar-refractivity contribution < 1.29 is 19.1 Å². The third-order valence-corrected chi connectivity index (χ3v) is 1.82. The maximum atomic E-state index is 12.0. The van der Waals surface area contributed by atoms with Crippen LogP contribution in [0.4, 0.5) is 4.39 Å². The molecule has 0 unspecified atom stereocenters. The van der Waals surface area contributed by atoms with E-state index in [1.54, 1.807) is 30.3 Å². The number of carbonyl (C=O) groups is 2. The summed E-state index contributed by atoms with van der Waals surface area (Å²) in [7, 11) is 0. The molecular formula is C11H10FNO3. The fraction of sp³-hybridized carbons (Fsp3) is 0.0909. The van der Waals surface area contributed by atoms with E-state index in [0.717, 1.165) is 5.56 Å². The second-order valence-electron chi connectivity index (χ2n) is 3.04. The molecule has 84 valence electrons. The Morgan fingerprint density at radius 1 is 1.31 bits per heavy atom. The second kappa shape index (κ2) is 5.65. The van der Waals surface area contributed by atoms with Crippen LogP contribution in [0.25, 0.3) is 0 Å². The first-order valence-corrected chi connectivity index (χ1v) is 4.51. The molecule has 1 rings (SSSR count). The summed E-state index contributed by atoms with van der Waals surface area (Å²) in [6.07, 6.45) is -0.142. The van der Waals surface area contributed by atoms with E-state index < -0.39 is 17.6 Å². The minimum absolute atomic E-state index is 0.00542. The van der Waals surface area contributed by atoms with E-state index in [9.17, 15) is 14.0 Å². The number of aliphatic carboxylic acids is 1. The van der Waals surface area contributed by atoms with Gasteiger partial charge in [0.05, 0.1) is 6.42 Å². The lowest BCUT2D eigenvalue weighted by Gasteiger charge is -2.04. The fourth-order valence-electron chi connectivity index (χ4n) is 1.10. The second-order valence-corrected chi connectivity index (χ2v) is 3.04. The van der Waals surface area contributed by atoms with E-state index in [0.29, 0.717) is 0 Å². The van der Waals surface area contributed by atoms with Crippen LogP contribution in [-0.2, 0) is 16.0 Å². The molecule has 0 atom stereocenters. The molecule has 0 aliphatic rings. The number of carboxylic acids is 1. The molecule has 0 aliphatic carbocycles. The zero-order valence-corrected chi connectivity index (χ0v) is 8.31. The summed E-state index contributed by atoms with van der Waals surface area (Å²) in [5, 5.41) is 10.4. The van der Waals surface area contributed by atoms with Crippen LogP contribution < -0.4 is 5.32 Å². The number of rotatable bonds is 4. The molecule has 0 saturated carbocycles. The fourth-order valence-corrected chi connectivity index (χ4v) is 1.10. The predicted molar refractivity (Wildman–Crippen MR) is 55.1 cm³/mol. The minimum atomic E-state index is -1.51. The molecular weight excluding hydrogens is 213 g/mol. The number of carboxylic acid groups (broad SMARTS) is 1. The average molecular weight is 223 g/mol. The molecule has 0 fully saturated rings. The van der Waals surface area contributed by atoms with Crippen LogP contribution in [0.3, 0.4) is 0 Å². The number of halogens is 1. The number of hydrogen-bond acceptors (Lipinski definition) is 2. The van der Waals surface area contributed by atoms with Gasteiger partial charge in [-0.3, -0.25) is 4.79 Å². The molecule has 0 aromatic heterocycles. The van der Waals surface area contributed by atoms with Gasteiger partial charge in [0.25, 0.3) is 0 Å². The molecule has 0 heterocycles. The van der Waals surface area contributed by atoms with Crippen molar-refractivity contribution in [1.29, 1.82) is 0 Å². The van der Waals surface area contributed by atoms with Gasteiger partial charge in [0.15, 0.2) is 5.70 Å². The Hall–Kier alpha value is -2.17. The zero-order valence-electron chi connectivity index (χ0n) is 8.31. The SMILES string of the molecule is O=C(Cc1ccccc1)NC(=CF)C(=O)O. The van der Waals surface area contributed by atoms with E-state index in [4.69, 9.17) is 5.11 Å². The number of benzene rings is 1. The van der Waals surface area contributed by atoms with E-state index in [-0.39, 0.29) is 12.8 Å². The maximum absolute atomic E-state index is 12.0. The maximum Gasteiger partial charge on any atom is 0.354 e. The average Bonchev–Trinajstić information content (AvgIpc) is 2.27. The number of amides is 1. The predicted octanol–water partition coefficient (Wildman–Crippen LogP) is 1.24. The van der Waals surface area contributed by atoms with Crippen LogP contribution in [0, 0.1) is 0 Å². The molecule has 4 nitrogen and oxygen atoms in total. The zero-order chi connectivity index (χ0) is 12.0. The van der Waals surface area contributed by atoms with Crippen molar-refractivity contribution in [1.82, 2.24) is 5.32 Å². The summed E-state index contributed by atoms with van der Waals surface area (Å²) < 4.78 is 12.0. The molecule has 5 heteroatoms. The van der Waals surface area contributed by atoms with Crippen LogP contribution in [-0.4, -0.2) is 17.0 Å². The van der Waals surface area contributed by atoms with Gasteiger partial charge in [-0.1, -0.05) is 30.3 Å². The molecule has 0 bridgehead atoms. The quantitative estimate of drug-likeness (QED) is 0.755. The summed E-state index contributed by atoms with van der Waals surface area (Å²) in [4.78, 5) is 21.7. The van der Waals surface area contributed by atoms with E-state index in [1.807, 2.05) is 5.32 Å². The number of carbonyl (C=O) groups excluding carboxylic acids is 1. The summed E-state index contributed by atoms with van der Waals surface area (Å²) in [6, 6.07) is 8.75. The van der Waals surface area contributed by atoms with Crippen LogP contribution in [0.15, 0.2) is 42.4 Å². The molecule has 16 heavy (non-hydrogen) atoms. The summed E-state index contributed by atoms with van der Waals surface area (Å²) >= 11 is 0. The van der Waals surface area contributed by atoms with Crippen LogP contribution in [0.5, 0.6) is 0 Å². The third kappa shape index (κ3) is 3.53. The topological polar surface area (TPSA) is 66.4 Å². The Balaban J connectivity index is 2.58. The van der Waals surface area contributed by atoms with E-state index in [2.05, 4.69) is 0 Å². The molecule has 1 aromatic rings. The highest BCUT2D eigenvalue weighted by atomic mass is 19.1. The first-order chi connectivity index (χ1) is 7.63. The number of hydrogen-bond donors (Lipinski definition) is 2. The lowest BCUT2D eigenvalue weighted by Crippen LogP contribution is -2.28. The van der Waals surface area contributed by atoms with Crippen molar-refractivity contribution in [3.63, 3.8) is 0 Å². The van der Waals surface area contributed by atoms with Crippen LogP contribution >= 0.6 is 0 Å². The molecule has 2 N–H and O–H groups in total. The smallest absolute Gasteiger partial charge is 0.354 e. The van der Waals surface area contributed by atoms with Crippen molar-refractivity contribution in [3.8, 4) is 0 Å². The summed E-state index contributed by atoms with van der Waals surface area (Å²) in [6.45, 7) is 0. The molecule has 0 saturated heterocycles. The first-order valence-electron chi connectivity index (χ1n) is 4.51. The molecule has 0 radical (unpaired) electrons. The van der Waals surface area contributed by atoms with E-state index in [1.165, 1.54) is 0 Å². The van der Waals surface area contributed by atoms with Gasteiger partial charge in [-0.05, 0) is 5.56 Å². The van der Waals surface area contributed by atoms with Crippen molar-refractivity contribution in [3.05, 3.63) is 47.9 Å². The van der Waals surface area contributed by atoms with Gasteiger partial charge in [-0.25, -0.2) is 9.18 Å². The van der Waals surface area contributed by atoms with Crippen molar-refractivity contribution in [2.75, 3.05) is 0 Å². The van der Waals surface area contributed by atoms with Gasteiger partial charge in [-0.15, -0.1) is 0 Å². The number of nitrogens with one attached hydrogen (secondary N) is 1. The third-order valence-electron chi connectivity index (χ3n) is 1.82. The molecule has 0 spiro atoms. The standard InChI is InChI=1S/C11H10FNO3/c12-7-9(11(15)16)13-10(14)6-8-4-2-1-3-5-8/h1-5,7H,6H2,(H,13,14)(H,15,16). The summed E-state index contributed by atoms with van der Waals surface area (Å²) in [5.41, 5.74) is -0.0375. The van der Waals surface area contributed by atoms with Crippen molar-refractivity contribution >= 4 is 11.9 Å². The summed E-state index contributed by atoms with van der Waals surface area (Å²) in [5.74, 6) is -2.08. The van der Waals surface area contributed by atoms with Gasteiger partial charge in [0.2, 0.25) is 5.91 Å². The lowest BCUT2D eigenvalue weighted by molar-refractivity contribution is -0.134. The van der Waals surface area contributed by atoms with Gasteiger partial charge < -0.3 is 10.4 Å².